The first-order valence-electron chi connectivity index (χ1n) is 6.12. The Morgan fingerprint density at radius 3 is 2.43 bits per heavy atom. The minimum atomic E-state index is 0.799. The van der Waals surface area contributed by atoms with Gasteiger partial charge in [0.2, 0.25) is 0 Å². The number of hydrogen-bond donors (Lipinski definition) is 1. The van der Waals surface area contributed by atoms with Gasteiger partial charge in [0.1, 0.15) is 0 Å². The summed E-state index contributed by atoms with van der Waals surface area (Å²) < 4.78 is 0. The average molecular weight is 198 g/mol. The molecule has 0 saturated heterocycles. The second-order valence-electron chi connectivity index (χ2n) is 4.93. The molecule has 1 fully saturated rings. The van der Waals surface area contributed by atoms with Crippen LogP contribution in [0.1, 0.15) is 39.5 Å². The van der Waals surface area contributed by atoms with Gasteiger partial charge in [-0.05, 0) is 25.8 Å². The fourth-order valence-electron chi connectivity index (χ4n) is 2.42. The zero-order valence-electron chi connectivity index (χ0n) is 10.1. The molecule has 1 aliphatic carbocycles. The van der Waals surface area contributed by atoms with E-state index < -0.39 is 0 Å². The van der Waals surface area contributed by atoms with Gasteiger partial charge in [-0.3, -0.25) is 4.90 Å². The molecule has 0 atom stereocenters. The van der Waals surface area contributed by atoms with Crippen LogP contribution in [0.15, 0.2) is 0 Å². The predicted molar refractivity (Wildman–Crippen MR) is 62.6 cm³/mol. The van der Waals surface area contributed by atoms with Crippen LogP contribution in [0.5, 0.6) is 0 Å². The van der Waals surface area contributed by atoms with Crippen molar-refractivity contribution < 1.29 is 0 Å². The van der Waals surface area contributed by atoms with Crippen LogP contribution in [-0.2, 0) is 0 Å². The number of likely N-dealkylation sites (N-methyl/N-ethyl adjacent to an activating group) is 1. The third-order valence-electron chi connectivity index (χ3n) is 3.09. The second-order valence-corrected chi connectivity index (χ2v) is 4.93. The van der Waals surface area contributed by atoms with Crippen LogP contribution < -0.4 is 5.32 Å². The number of nitrogens with zero attached hydrogens (tertiary/aromatic N) is 1. The van der Waals surface area contributed by atoms with Crippen molar-refractivity contribution in [3.8, 4) is 0 Å². The third-order valence-corrected chi connectivity index (χ3v) is 3.09. The van der Waals surface area contributed by atoms with Crippen LogP contribution in [0.25, 0.3) is 0 Å². The van der Waals surface area contributed by atoms with E-state index in [1.807, 2.05) is 7.05 Å². The Bertz CT molecular complexity index is 139. The topological polar surface area (TPSA) is 15.3 Å². The molecule has 0 aromatic carbocycles. The third kappa shape index (κ3) is 3.97. The fraction of sp³-hybridized carbons (Fsp3) is 1.00. The Kier molecular flexibility index (Phi) is 5.49. The van der Waals surface area contributed by atoms with Crippen molar-refractivity contribution in [1.82, 2.24) is 10.2 Å². The molecule has 1 saturated carbocycles. The smallest absolute Gasteiger partial charge is 0.0110 e. The van der Waals surface area contributed by atoms with Gasteiger partial charge in [0, 0.05) is 25.7 Å². The second kappa shape index (κ2) is 6.41. The minimum absolute atomic E-state index is 0.799. The van der Waals surface area contributed by atoms with Crippen molar-refractivity contribution in [2.45, 2.75) is 45.6 Å². The van der Waals surface area contributed by atoms with Gasteiger partial charge >= 0.3 is 0 Å². The lowest BCUT2D eigenvalue weighted by Crippen LogP contribution is -2.40. The Morgan fingerprint density at radius 1 is 1.29 bits per heavy atom. The summed E-state index contributed by atoms with van der Waals surface area (Å²) in [6, 6.07) is 0.880. The molecule has 0 heterocycles. The maximum absolute atomic E-state index is 3.25. The number of rotatable bonds is 6. The molecule has 0 spiro atoms. The zero-order valence-corrected chi connectivity index (χ0v) is 10.1. The van der Waals surface area contributed by atoms with Crippen LogP contribution in [0, 0.1) is 5.92 Å². The van der Waals surface area contributed by atoms with Gasteiger partial charge in [-0.2, -0.15) is 0 Å². The van der Waals surface area contributed by atoms with Crippen molar-refractivity contribution in [2.75, 3.05) is 26.7 Å². The predicted octanol–water partition coefficient (Wildman–Crippen LogP) is 2.11. The molecule has 1 N–H and O–H groups in total. The lowest BCUT2D eigenvalue weighted by Gasteiger charge is -2.30. The van der Waals surface area contributed by atoms with Crippen LogP contribution in [0.3, 0.4) is 0 Å². The highest BCUT2D eigenvalue weighted by Crippen LogP contribution is 2.23. The Balaban J connectivity index is 2.34. The Labute approximate surface area is 89.1 Å². The summed E-state index contributed by atoms with van der Waals surface area (Å²) in [4.78, 5) is 2.69. The maximum Gasteiger partial charge on any atom is 0.0110 e. The molecule has 1 aliphatic rings. The molecule has 0 aromatic heterocycles. The van der Waals surface area contributed by atoms with Crippen molar-refractivity contribution in [3.05, 3.63) is 0 Å². The summed E-state index contributed by atoms with van der Waals surface area (Å²) in [6.45, 7) is 8.26. The molecule has 1 rings (SSSR count). The van der Waals surface area contributed by atoms with E-state index in [1.165, 1.54) is 38.8 Å². The molecule has 2 nitrogen and oxygen atoms in total. The average Bonchev–Trinajstić information content (AvgIpc) is 2.64. The molecule has 2 heteroatoms. The van der Waals surface area contributed by atoms with Crippen LogP contribution >= 0.6 is 0 Å². The quantitative estimate of drug-likeness (QED) is 0.703. The van der Waals surface area contributed by atoms with Crippen molar-refractivity contribution in [2.24, 2.45) is 5.92 Å². The summed E-state index contributed by atoms with van der Waals surface area (Å²) >= 11 is 0. The molecule has 0 aromatic rings. The molecular weight excluding hydrogens is 172 g/mol. The minimum Gasteiger partial charge on any atom is -0.318 e. The number of nitrogens with one attached hydrogen (secondary N) is 1. The standard InChI is InChI=1S/C12H26N2/c1-11(2)10-14(9-8-13-3)12-6-4-5-7-12/h11-13H,4-10H2,1-3H3. The van der Waals surface area contributed by atoms with E-state index in [1.54, 1.807) is 0 Å². The molecule has 0 unspecified atom stereocenters. The zero-order chi connectivity index (χ0) is 10.4. The summed E-state index contributed by atoms with van der Waals surface area (Å²) in [6.07, 6.45) is 5.74. The molecule has 84 valence electrons. The van der Waals surface area contributed by atoms with Gasteiger partial charge in [-0.1, -0.05) is 26.7 Å². The summed E-state index contributed by atoms with van der Waals surface area (Å²) in [5, 5.41) is 3.25. The lowest BCUT2D eigenvalue weighted by molar-refractivity contribution is 0.179. The van der Waals surface area contributed by atoms with E-state index in [4.69, 9.17) is 0 Å². The van der Waals surface area contributed by atoms with Gasteiger partial charge < -0.3 is 5.32 Å². The number of hydrogen-bond acceptors (Lipinski definition) is 2. The van der Waals surface area contributed by atoms with Crippen LogP contribution in [0.2, 0.25) is 0 Å². The normalized spacial score (nSPS) is 18.6. The fourth-order valence-corrected chi connectivity index (χ4v) is 2.42. The van der Waals surface area contributed by atoms with E-state index in [0.717, 1.165) is 18.5 Å². The summed E-state index contributed by atoms with van der Waals surface area (Å²) in [5.74, 6) is 0.799. The first kappa shape index (κ1) is 12.0. The van der Waals surface area contributed by atoms with Gasteiger partial charge in [0.25, 0.3) is 0 Å². The van der Waals surface area contributed by atoms with Crippen LogP contribution in [0.4, 0.5) is 0 Å². The van der Waals surface area contributed by atoms with E-state index in [-0.39, 0.29) is 0 Å². The summed E-state index contributed by atoms with van der Waals surface area (Å²) in [5.41, 5.74) is 0. The molecule has 0 amide bonds. The lowest BCUT2D eigenvalue weighted by atomic mass is 10.1. The highest BCUT2D eigenvalue weighted by molar-refractivity contribution is 4.78. The largest absolute Gasteiger partial charge is 0.318 e. The van der Waals surface area contributed by atoms with Crippen molar-refractivity contribution in [1.29, 1.82) is 0 Å². The van der Waals surface area contributed by atoms with Gasteiger partial charge in [0.05, 0.1) is 0 Å². The monoisotopic (exact) mass is 198 g/mol. The van der Waals surface area contributed by atoms with Gasteiger partial charge in [-0.25, -0.2) is 0 Å². The SMILES string of the molecule is CNCCN(CC(C)C)C1CCCC1. The highest BCUT2D eigenvalue weighted by atomic mass is 15.2. The molecular formula is C12H26N2. The van der Waals surface area contributed by atoms with Crippen molar-refractivity contribution in [3.63, 3.8) is 0 Å². The maximum atomic E-state index is 3.25. The first-order chi connectivity index (χ1) is 6.74. The highest BCUT2D eigenvalue weighted by Gasteiger charge is 2.22. The molecule has 14 heavy (non-hydrogen) atoms. The van der Waals surface area contributed by atoms with E-state index in [9.17, 15) is 0 Å². The van der Waals surface area contributed by atoms with Gasteiger partial charge in [0.15, 0.2) is 0 Å². The van der Waals surface area contributed by atoms with E-state index >= 15 is 0 Å². The molecule has 0 bridgehead atoms. The molecule has 0 aliphatic heterocycles. The van der Waals surface area contributed by atoms with E-state index in [0.29, 0.717) is 0 Å². The Hall–Kier alpha value is -0.0800. The van der Waals surface area contributed by atoms with Crippen LogP contribution in [-0.4, -0.2) is 37.6 Å². The Morgan fingerprint density at radius 2 is 1.93 bits per heavy atom. The van der Waals surface area contributed by atoms with Crippen molar-refractivity contribution >= 4 is 0 Å². The first-order valence-corrected chi connectivity index (χ1v) is 6.12. The summed E-state index contributed by atoms with van der Waals surface area (Å²) in [7, 11) is 2.04. The van der Waals surface area contributed by atoms with E-state index in [2.05, 4.69) is 24.1 Å². The van der Waals surface area contributed by atoms with Gasteiger partial charge in [-0.15, -0.1) is 0 Å². The molecule has 0 radical (unpaired) electrons.